The van der Waals surface area contributed by atoms with E-state index < -0.39 is 0 Å². The molecule has 0 radical (unpaired) electrons. The number of hydrogen-bond acceptors (Lipinski definition) is 2. The molecule has 2 aromatic rings. The molecule has 0 atom stereocenters. The number of hydrogen-bond donors (Lipinski definition) is 1. The van der Waals surface area contributed by atoms with Crippen molar-refractivity contribution in [1.82, 2.24) is 9.78 Å². The van der Waals surface area contributed by atoms with Gasteiger partial charge in [-0.05, 0) is 24.3 Å². The maximum atomic E-state index is 4.15. The maximum Gasteiger partial charge on any atom is 0.0666 e. The van der Waals surface area contributed by atoms with E-state index in [2.05, 4.69) is 10.4 Å². The van der Waals surface area contributed by atoms with Gasteiger partial charge in [0.25, 0.3) is 0 Å². The molecule has 0 aliphatic rings. The molecule has 0 aliphatic carbocycles. The second-order valence-corrected chi connectivity index (χ2v) is 2.75. The molecule has 3 heteroatoms. The van der Waals surface area contributed by atoms with Gasteiger partial charge in [-0.15, -0.1) is 0 Å². The third-order valence-corrected chi connectivity index (χ3v) is 1.90. The van der Waals surface area contributed by atoms with Crippen LogP contribution in [-0.4, -0.2) is 16.8 Å². The van der Waals surface area contributed by atoms with Gasteiger partial charge in [0.2, 0.25) is 0 Å². The molecule has 66 valence electrons. The molecule has 2 rings (SSSR count). The lowest BCUT2D eigenvalue weighted by molar-refractivity contribution is 0.881. The van der Waals surface area contributed by atoms with Crippen LogP contribution < -0.4 is 5.32 Å². The van der Waals surface area contributed by atoms with Crippen molar-refractivity contribution >= 4 is 5.69 Å². The summed E-state index contributed by atoms with van der Waals surface area (Å²) >= 11 is 0. The highest BCUT2D eigenvalue weighted by Gasteiger charge is 1.95. The summed E-state index contributed by atoms with van der Waals surface area (Å²) in [5.74, 6) is 0. The van der Waals surface area contributed by atoms with Gasteiger partial charge in [-0.2, -0.15) is 5.10 Å². The number of nitrogens with one attached hydrogen (secondary N) is 1. The molecule has 0 bridgehead atoms. The van der Waals surface area contributed by atoms with Crippen LogP contribution in [-0.2, 0) is 0 Å². The molecule has 1 aromatic carbocycles. The van der Waals surface area contributed by atoms with Crippen LogP contribution in [0.25, 0.3) is 5.69 Å². The standard InChI is InChI=1S/C10H11N3/c1-11-9-4-2-5-10(8-9)13-7-3-6-12-13/h2-8,11H,1H3. The van der Waals surface area contributed by atoms with Gasteiger partial charge in [0.15, 0.2) is 0 Å². The van der Waals surface area contributed by atoms with E-state index in [1.807, 2.05) is 48.3 Å². The molecule has 0 saturated heterocycles. The summed E-state index contributed by atoms with van der Waals surface area (Å²) < 4.78 is 1.83. The first-order valence-electron chi connectivity index (χ1n) is 4.18. The zero-order chi connectivity index (χ0) is 9.10. The molecule has 1 heterocycles. The van der Waals surface area contributed by atoms with Gasteiger partial charge < -0.3 is 5.32 Å². The Morgan fingerprint density at radius 3 is 2.92 bits per heavy atom. The largest absolute Gasteiger partial charge is 0.388 e. The van der Waals surface area contributed by atoms with E-state index in [0.29, 0.717) is 0 Å². The van der Waals surface area contributed by atoms with Crippen LogP contribution in [0.1, 0.15) is 0 Å². The first kappa shape index (κ1) is 7.86. The predicted octanol–water partition coefficient (Wildman–Crippen LogP) is 1.91. The summed E-state index contributed by atoms with van der Waals surface area (Å²) in [6.45, 7) is 0. The molecule has 0 spiro atoms. The van der Waals surface area contributed by atoms with E-state index in [1.165, 1.54) is 0 Å². The van der Waals surface area contributed by atoms with Gasteiger partial charge in [-0.25, -0.2) is 4.68 Å². The SMILES string of the molecule is CNc1cccc(-n2cccn2)c1. The first-order valence-corrected chi connectivity index (χ1v) is 4.18. The number of nitrogens with zero attached hydrogens (tertiary/aromatic N) is 2. The third kappa shape index (κ3) is 1.54. The predicted molar refractivity (Wildman–Crippen MR) is 53.1 cm³/mol. The fourth-order valence-electron chi connectivity index (χ4n) is 1.23. The zero-order valence-corrected chi connectivity index (χ0v) is 7.44. The second kappa shape index (κ2) is 3.31. The highest BCUT2D eigenvalue weighted by atomic mass is 15.3. The van der Waals surface area contributed by atoms with Crippen molar-refractivity contribution in [3.63, 3.8) is 0 Å². The van der Waals surface area contributed by atoms with Crippen molar-refractivity contribution in [2.75, 3.05) is 12.4 Å². The van der Waals surface area contributed by atoms with Gasteiger partial charge in [-0.1, -0.05) is 6.07 Å². The molecule has 0 amide bonds. The molecular formula is C10H11N3. The summed E-state index contributed by atoms with van der Waals surface area (Å²) in [4.78, 5) is 0. The van der Waals surface area contributed by atoms with Crippen molar-refractivity contribution < 1.29 is 0 Å². The molecule has 3 nitrogen and oxygen atoms in total. The molecule has 1 aromatic heterocycles. The topological polar surface area (TPSA) is 29.9 Å². The van der Waals surface area contributed by atoms with Gasteiger partial charge in [0.1, 0.15) is 0 Å². The van der Waals surface area contributed by atoms with Crippen molar-refractivity contribution in [2.45, 2.75) is 0 Å². The Kier molecular flexibility index (Phi) is 2.00. The first-order chi connectivity index (χ1) is 6.40. The van der Waals surface area contributed by atoms with Crippen LogP contribution in [0.5, 0.6) is 0 Å². The lowest BCUT2D eigenvalue weighted by Gasteiger charge is -2.03. The summed E-state index contributed by atoms with van der Waals surface area (Å²) in [7, 11) is 1.90. The highest BCUT2D eigenvalue weighted by Crippen LogP contribution is 2.12. The summed E-state index contributed by atoms with van der Waals surface area (Å²) in [6, 6.07) is 10.0. The van der Waals surface area contributed by atoms with Crippen LogP contribution >= 0.6 is 0 Å². The average Bonchev–Trinajstić information content (AvgIpc) is 2.71. The van der Waals surface area contributed by atoms with Crippen molar-refractivity contribution in [2.24, 2.45) is 0 Å². The Balaban J connectivity index is 2.41. The fraction of sp³-hybridized carbons (Fsp3) is 0.100. The van der Waals surface area contributed by atoms with Gasteiger partial charge in [0.05, 0.1) is 5.69 Å². The number of rotatable bonds is 2. The zero-order valence-electron chi connectivity index (χ0n) is 7.44. The quantitative estimate of drug-likeness (QED) is 0.751. The molecular weight excluding hydrogens is 162 g/mol. The van der Waals surface area contributed by atoms with E-state index in [-0.39, 0.29) is 0 Å². The highest BCUT2D eigenvalue weighted by molar-refractivity contribution is 5.50. The Morgan fingerprint density at radius 1 is 1.31 bits per heavy atom. The van der Waals surface area contributed by atoms with Crippen LogP contribution in [0, 0.1) is 0 Å². The molecule has 0 fully saturated rings. The van der Waals surface area contributed by atoms with E-state index in [9.17, 15) is 0 Å². The van der Waals surface area contributed by atoms with E-state index in [0.717, 1.165) is 11.4 Å². The van der Waals surface area contributed by atoms with Gasteiger partial charge in [0, 0.05) is 25.1 Å². The maximum absolute atomic E-state index is 4.15. The van der Waals surface area contributed by atoms with Gasteiger partial charge >= 0.3 is 0 Å². The minimum atomic E-state index is 1.07. The summed E-state index contributed by atoms with van der Waals surface area (Å²) in [6.07, 6.45) is 3.70. The molecule has 0 aliphatic heterocycles. The Morgan fingerprint density at radius 2 is 2.23 bits per heavy atom. The van der Waals surface area contributed by atoms with Crippen molar-refractivity contribution in [3.05, 3.63) is 42.7 Å². The third-order valence-electron chi connectivity index (χ3n) is 1.90. The Bertz CT molecular complexity index is 379. The number of benzene rings is 1. The van der Waals surface area contributed by atoms with Crippen LogP contribution in [0.3, 0.4) is 0 Å². The molecule has 1 N–H and O–H groups in total. The smallest absolute Gasteiger partial charge is 0.0666 e. The minimum Gasteiger partial charge on any atom is -0.388 e. The lowest BCUT2D eigenvalue weighted by Crippen LogP contribution is -1.95. The Hall–Kier alpha value is -1.77. The minimum absolute atomic E-state index is 1.07. The molecule has 13 heavy (non-hydrogen) atoms. The van der Waals surface area contributed by atoms with E-state index in [4.69, 9.17) is 0 Å². The van der Waals surface area contributed by atoms with Gasteiger partial charge in [-0.3, -0.25) is 0 Å². The lowest BCUT2D eigenvalue weighted by atomic mass is 10.3. The summed E-state index contributed by atoms with van der Waals surface area (Å²) in [5, 5.41) is 7.24. The van der Waals surface area contributed by atoms with Crippen molar-refractivity contribution in [1.29, 1.82) is 0 Å². The second-order valence-electron chi connectivity index (χ2n) is 2.75. The number of anilines is 1. The fourth-order valence-corrected chi connectivity index (χ4v) is 1.23. The monoisotopic (exact) mass is 173 g/mol. The Labute approximate surface area is 77.0 Å². The number of aromatic nitrogens is 2. The summed E-state index contributed by atoms with van der Waals surface area (Å²) in [5.41, 5.74) is 2.16. The van der Waals surface area contributed by atoms with Crippen LogP contribution in [0.2, 0.25) is 0 Å². The average molecular weight is 173 g/mol. The van der Waals surface area contributed by atoms with E-state index >= 15 is 0 Å². The molecule has 0 unspecified atom stereocenters. The van der Waals surface area contributed by atoms with Crippen LogP contribution in [0.15, 0.2) is 42.7 Å². The van der Waals surface area contributed by atoms with Crippen molar-refractivity contribution in [3.8, 4) is 5.69 Å². The molecule has 0 saturated carbocycles. The van der Waals surface area contributed by atoms with E-state index in [1.54, 1.807) is 6.20 Å². The van der Waals surface area contributed by atoms with Crippen LogP contribution in [0.4, 0.5) is 5.69 Å². The normalized spacial score (nSPS) is 9.92.